The summed E-state index contributed by atoms with van der Waals surface area (Å²) in [6, 6.07) is 10.6. The summed E-state index contributed by atoms with van der Waals surface area (Å²) in [5, 5.41) is 0. The summed E-state index contributed by atoms with van der Waals surface area (Å²) >= 11 is 0.538. The van der Waals surface area contributed by atoms with E-state index in [1.54, 1.807) is 0 Å². The summed E-state index contributed by atoms with van der Waals surface area (Å²) in [6.45, 7) is 2.06. The minimum atomic E-state index is 0.538. The van der Waals surface area contributed by atoms with Crippen LogP contribution in [-0.2, 0) is 0 Å². The number of allylic oxidation sites excluding steroid dienone is 1. The van der Waals surface area contributed by atoms with Crippen molar-refractivity contribution in [3.8, 4) is 0 Å². The first-order valence-corrected chi connectivity index (χ1v) is 5.11. The van der Waals surface area contributed by atoms with E-state index in [1.807, 2.05) is 0 Å². The number of benzene rings is 1. The average molecular weight is 197 g/mol. The molecular weight excluding hydrogens is 187 g/mol. The second-order valence-electron chi connectivity index (χ2n) is 1.90. The second-order valence-corrected chi connectivity index (χ2v) is 3.95. The van der Waals surface area contributed by atoms with Crippen LogP contribution in [0.1, 0.15) is 6.92 Å². The van der Waals surface area contributed by atoms with Crippen molar-refractivity contribution in [3.63, 3.8) is 0 Å². The van der Waals surface area contributed by atoms with Gasteiger partial charge in [-0.05, 0) is 0 Å². The standard InChI is InChI=1S/C9H10Se/c1-2-8-10-9-6-4-3-5-7-9/h2-8H,1H3. The molecule has 1 aromatic carbocycles. The number of hydrogen-bond acceptors (Lipinski definition) is 0. The van der Waals surface area contributed by atoms with Gasteiger partial charge < -0.3 is 0 Å². The van der Waals surface area contributed by atoms with Gasteiger partial charge in [-0.15, -0.1) is 0 Å². The predicted molar refractivity (Wildman–Crippen MR) is 46.6 cm³/mol. The van der Waals surface area contributed by atoms with E-state index in [9.17, 15) is 0 Å². The molecule has 1 heteroatoms. The topological polar surface area (TPSA) is 0 Å². The maximum atomic E-state index is 2.22. The molecule has 0 radical (unpaired) electrons. The normalized spacial score (nSPS) is 10.5. The second kappa shape index (κ2) is 4.32. The maximum absolute atomic E-state index is 2.22. The summed E-state index contributed by atoms with van der Waals surface area (Å²) in [5.74, 6) is 0. The van der Waals surface area contributed by atoms with E-state index in [4.69, 9.17) is 0 Å². The molecular formula is C9H10Se. The van der Waals surface area contributed by atoms with Gasteiger partial charge in [-0.1, -0.05) is 0 Å². The van der Waals surface area contributed by atoms with Crippen molar-refractivity contribution >= 4 is 19.4 Å². The van der Waals surface area contributed by atoms with Gasteiger partial charge in [0, 0.05) is 0 Å². The Morgan fingerprint density at radius 3 is 2.50 bits per heavy atom. The molecule has 52 valence electrons. The molecule has 1 rings (SSSR count). The zero-order valence-electron chi connectivity index (χ0n) is 5.95. The van der Waals surface area contributed by atoms with Gasteiger partial charge >= 0.3 is 67.7 Å². The van der Waals surface area contributed by atoms with Crippen LogP contribution < -0.4 is 4.46 Å². The van der Waals surface area contributed by atoms with Crippen molar-refractivity contribution in [1.82, 2.24) is 0 Å². The van der Waals surface area contributed by atoms with Crippen LogP contribution in [0.25, 0.3) is 0 Å². The van der Waals surface area contributed by atoms with Crippen LogP contribution in [0.4, 0.5) is 0 Å². The van der Waals surface area contributed by atoms with Gasteiger partial charge in [-0.2, -0.15) is 0 Å². The van der Waals surface area contributed by atoms with Crippen LogP contribution in [0.15, 0.2) is 41.4 Å². The first-order valence-electron chi connectivity index (χ1n) is 3.26. The van der Waals surface area contributed by atoms with Crippen molar-refractivity contribution in [2.75, 3.05) is 0 Å². The third kappa shape index (κ3) is 2.38. The Morgan fingerprint density at radius 1 is 1.20 bits per heavy atom. The third-order valence-corrected chi connectivity index (χ3v) is 3.08. The quantitative estimate of drug-likeness (QED) is 0.631. The first-order chi connectivity index (χ1) is 4.93. The summed E-state index contributed by atoms with van der Waals surface area (Å²) in [5.41, 5.74) is 0. The van der Waals surface area contributed by atoms with Crippen LogP contribution in [0.2, 0.25) is 0 Å². The van der Waals surface area contributed by atoms with Crippen molar-refractivity contribution in [2.24, 2.45) is 0 Å². The molecule has 0 saturated heterocycles. The van der Waals surface area contributed by atoms with Gasteiger partial charge in [-0.25, -0.2) is 0 Å². The van der Waals surface area contributed by atoms with Gasteiger partial charge in [0.15, 0.2) is 0 Å². The van der Waals surface area contributed by atoms with Crippen LogP contribution in [-0.4, -0.2) is 15.0 Å². The molecule has 0 unspecified atom stereocenters. The Bertz CT molecular complexity index is 201. The summed E-state index contributed by atoms with van der Waals surface area (Å²) in [4.78, 5) is 2.22. The van der Waals surface area contributed by atoms with E-state index in [0.29, 0.717) is 15.0 Å². The molecule has 0 N–H and O–H groups in total. The Hall–Kier alpha value is -0.521. The van der Waals surface area contributed by atoms with Crippen molar-refractivity contribution in [3.05, 3.63) is 41.4 Å². The molecule has 0 amide bonds. The monoisotopic (exact) mass is 198 g/mol. The Labute approximate surface area is 68.1 Å². The number of hydrogen-bond donors (Lipinski definition) is 0. The van der Waals surface area contributed by atoms with E-state index in [1.165, 1.54) is 4.46 Å². The van der Waals surface area contributed by atoms with Gasteiger partial charge in [0.05, 0.1) is 0 Å². The summed E-state index contributed by atoms with van der Waals surface area (Å²) in [6.07, 6.45) is 2.10. The van der Waals surface area contributed by atoms with E-state index in [2.05, 4.69) is 48.3 Å². The summed E-state index contributed by atoms with van der Waals surface area (Å²) in [7, 11) is 0. The van der Waals surface area contributed by atoms with E-state index in [0.717, 1.165) is 0 Å². The molecule has 0 spiro atoms. The molecule has 0 atom stereocenters. The first kappa shape index (κ1) is 7.58. The van der Waals surface area contributed by atoms with Crippen molar-refractivity contribution in [1.29, 1.82) is 0 Å². The fourth-order valence-electron chi connectivity index (χ4n) is 0.646. The SMILES string of the molecule is CC=C[Se]c1ccccc1. The molecule has 0 aliphatic heterocycles. The van der Waals surface area contributed by atoms with Gasteiger partial charge in [-0.3, -0.25) is 0 Å². The molecule has 1 aromatic rings. The van der Waals surface area contributed by atoms with Crippen molar-refractivity contribution in [2.45, 2.75) is 6.92 Å². The Kier molecular flexibility index (Phi) is 3.28. The molecule has 10 heavy (non-hydrogen) atoms. The van der Waals surface area contributed by atoms with Crippen LogP contribution in [0.5, 0.6) is 0 Å². The fraction of sp³-hybridized carbons (Fsp3) is 0.111. The molecule has 0 nitrogen and oxygen atoms in total. The molecule has 0 saturated carbocycles. The molecule has 0 fully saturated rings. The predicted octanol–water partition coefficient (Wildman–Crippen LogP) is 1.55. The molecule has 0 aliphatic carbocycles. The van der Waals surface area contributed by atoms with E-state index in [-0.39, 0.29) is 0 Å². The molecule has 0 aromatic heterocycles. The van der Waals surface area contributed by atoms with Gasteiger partial charge in [0.2, 0.25) is 0 Å². The van der Waals surface area contributed by atoms with Gasteiger partial charge in [0.25, 0.3) is 0 Å². The molecule has 0 aliphatic rings. The average Bonchev–Trinajstić information content (AvgIpc) is 2.03. The van der Waals surface area contributed by atoms with Crippen molar-refractivity contribution < 1.29 is 0 Å². The number of rotatable bonds is 2. The van der Waals surface area contributed by atoms with Crippen LogP contribution in [0.3, 0.4) is 0 Å². The third-order valence-electron chi connectivity index (χ3n) is 1.08. The zero-order valence-corrected chi connectivity index (χ0v) is 7.66. The fourth-order valence-corrected chi connectivity index (χ4v) is 1.92. The molecule has 0 bridgehead atoms. The minimum absolute atomic E-state index is 0.538. The van der Waals surface area contributed by atoms with Gasteiger partial charge in [0.1, 0.15) is 0 Å². The van der Waals surface area contributed by atoms with E-state index < -0.39 is 0 Å². The molecule has 0 heterocycles. The summed E-state index contributed by atoms with van der Waals surface area (Å²) < 4.78 is 1.44. The zero-order chi connectivity index (χ0) is 7.23. The van der Waals surface area contributed by atoms with E-state index >= 15 is 0 Å². The van der Waals surface area contributed by atoms with Crippen LogP contribution >= 0.6 is 0 Å². The Balaban J connectivity index is 2.59. The van der Waals surface area contributed by atoms with Crippen LogP contribution in [0, 0.1) is 0 Å². The Morgan fingerprint density at radius 2 is 1.90 bits per heavy atom.